The van der Waals surface area contributed by atoms with Gasteiger partial charge in [0.15, 0.2) is 0 Å². The van der Waals surface area contributed by atoms with Crippen molar-refractivity contribution in [2.75, 3.05) is 17.6 Å². The number of benzene rings is 1. The standard InChI is InChI=1S/C14H20N4O2/c15-12-8-10(2-3-13(12)18(19)20)17-11-4-7-16-14(9-11)5-1-6-14/h2-3,8,11,16-17H,1,4-7,9,15H2. The van der Waals surface area contributed by atoms with Crippen LogP contribution in [0.2, 0.25) is 0 Å². The molecule has 1 saturated heterocycles. The summed E-state index contributed by atoms with van der Waals surface area (Å²) in [5.74, 6) is 0. The van der Waals surface area contributed by atoms with E-state index in [2.05, 4.69) is 10.6 Å². The number of rotatable bonds is 3. The Kier molecular flexibility index (Phi) is 3.25. The normalized spacial score (nSPS) is 24.1. The second-order valence-corrected chi connectivity index (χ2v) is 5.93. The summed E-state index contributed by atoms with van der Waals surface area (Å²) in [5.41, 5.74) is 7.11. The number of nitrogen functional groups attached to an aromatic ring is 1. The highest BCUT2D eigenvalue weighted by molar-refractivity contribution is 5.66. The third-order valence-corrected chi connectivity index (χ3v) is 4.54. The quantitative estimate of drug-likeness (QED) is 0.447. The van der Waals surface area contributed by atoms with Gasteiger partial charge in [-0.05, 0) is 50.8 Å². The van der Waals surface area contributed by atoms with Crippen LogP contribution in [0, 0.1) is 10.1 Å². The van der Waals surface area contributed by atoms with Gasteiger partial charge in [0.05, 0.1) is 4.92 Å². The lowest BCUT2D eigenvalue weighted by Crippen LogP contribution is -2.58. The molecule has 1 saturated carbocycles. The van der Waals surface area contributed by atoms with Crippen molar-refractivity contribution < 1.29 is 4.92 Å². The summed E-state index contributed by atoms with van der Waals surface area (Å²) in [6.45, 7) is 1.03. The second kappa shape index (κ2) is 4.94. The molecule has 1 atom stereocenters. The number of nitrogens with zero attached hydrogens (tertiary/aromatic N) is 1. The van der Waals surface area contributed by atoms with E-state index in [4.69, 9.17) is 5.73 Å². The first kappa shape index (κ1) is 13.2. The van der Waals surface area contributed by atoms with E-state index in [1.165, 1.54) is 25.3 Å². The Balaban J connectivity index is 1.68. The zero-order chi connectivity index (χ0) is 14.2. The third-order valence-electron chi connectivity index (χ3n) is 4.54. The molecular weight excluding hydrogens is 256 g/mol. The van der Waals surface area contributed by atoms with Crippen LogP contribution in [0.15, 0.2) is 18.2 Å². The van der Waals surface area contributed by atoms with Crippen LogP contribution in [0.25, 0.3) is 0 Å². The van der Waals surface area contributed by atoms with Crippen LogP contribution < -0.4 is 16.4 Å². The molecule has 1 heterocycles. The number of hydrogen-bond donors (Lipinski definition) is 3. The van der Waals surface area contributed by atoms with Gasteiger partial charge in [-0.15, -0.1) is 0 Å². The maximum Gasteiger partial charge on any atom is 0.292 e. The fourth-order valence-electron chi connectivity index (χ4n) is 3.31. The summed E-state index contributed by atoms with van der Waals surface area (Å²) < 4.78 is 0. The smallest absolute Gasteiger partial charge is 0.292 e. The molecule has 1 spiro atoms. The molecule has 0 radical (unpaired) electrons. The molecule has 4 N–H and O–H groups in total. The van der Waals surface area contributed by atoms with Crippen molar-refractivity contribution >= 4 is 17.1 Å². The molecule has 1 aliphatic carbocycles. The van der Waals surface area contributed by atoms with Gasteiger partial charge in [0, 0.05) is 23.3 Å². The Hall–Kier alpha value is -1.82. The Morgan fingerprint density at radius 3 is 2.85 bits per heavy atom. The van der Waals surface area contributed by atoms with E-state index in [1.807, 2.05) is 0 Å². The number of nitrogens with one attached hydrogen (secondary N) is 2. The van der Waals surface area contributed by atoms with Crippen molar-refractivity contribution in [3.05, 3.63) is 28.3 Å². The first-order valence-corrected chi connectivity index (χ1v) is 7.13. The average Bonchev–Trinajstić information content (AvgIpc) is 2.37. The van der Waals surface area contributed by atoms with E-state index in [9.17, 15) is 10.1 Å². The molecule has 1 aromatic rings. The van der Waals surface area contributed by atoms with Crippen LogP contribution in [0.1, 0.15) is 32.1 Å². The summed E-state index contributed by atoms with van der Waals surface area (Å²) in [6, 6.07) is 5.28. The van der Waals surface area contributed by atoms with Gasteiger partial charge in [0.25, 0.3) is 5.69 Å². The predicted molar refractivity (Wildman–Crippen MR) is 78.7 cm³/mol. The molecule has 2 fully saturated rings. The second-order valence-electron chi connectivity index (χ2n) is 5.93. The van der Waals surface area contributed by atoms with Crippen LogP contribution in [-0.4, -0.2) is 23.0 Å². The molecule has 0 aromatic heterocycles. The molecule has 1 unspecified atom stereocenters. The van der Waals surface area contributed by atoms with Crippen molar-refractivity contribution in [3.8, 4) is 0 Å². The van der Waals surface area contributed by atoms with E-state index in [-0.39, 0.29) is 11.4 Å². The Morgan fingerprint density at radius 1 is 1.45 bits per heavy atom. The molecular formula is C14H20N4O2. The van der Waals surface area contributed by atoms with Crippen molar-refractivity contribution in [1.82, 2.24) is 5.32 Å². The number of piperidine rings is 1. The molecule has 1 aliphatic heterocycles. The van der Waals surface area contributed by atoms with Crippen molar-refractivity contribution in [1.29, 1.82) is 0 Å². The minimum atomic E-state index is -0.451. The van der Waals surface area contributed by atoms with E-state index >= 15 is 0 Å². The summed E-state index contributed by atoms with van der Waals surface area (Å²) >= 11 is 0. The summed E-state index contributed by atoms with van der Waals surface area (Å²) in [5, 5.41) is 17.8. The fourth-order valence-corrected chi connectivity index (χ4v) is 3.31. The highest BCUT2D eigenvalue weighted by Gasteiger charge is 2.40. The molecule has 20 heavy (non-hydrogen) atoms. The van der Waals surface area contributed by atoms with Crippen LogP contribution in [-0.2, 0) is 0 Å². The van der Waals surface area contributed by atoms with Gasteiger partial charge in [0.1, 0.15) is 5.69 Å². The van der Waals surface area contributed by atoms with Gasteiger partial charge in [-0.2, -0.15) is 0 Å². The predicted octanol–water partition coefficient (Wildman–Crippen LogP) is 2.26. The van der Waals surface area contributed by atoms with Gasteiger partial charge < -0.3 is 16.4 Å². The minimum Gasteiger partial charge on any atom is -0.393 e. The molecule has 108 valence electrons. The first-order chi connectivity index (χ1) is 9.58. The van der Waals surface area contributed by atoms with Crippen LogP contribution in [0.5, 0.6) is 0 Å². The minimum absolute atomic E-state index is 0.0312. The van der Waals surface area contributed by atoms with E-state index in [0.29, 0.717) is 11.6 Å². The fraction of sp³-hybridized carbons (Fsp3) is 0.571. The van der Waals surface area contributed by atoms with Crippen molar-refractivity contribution in [2.45, 2.75) is 43.7 Å². The maximum atomic E-state index is 10.8. The molecule has 1 aromatic carbocycles. The first-order valence-electron chi connectivity index (χ1n) is 7.13. The average molecular weight is 276 g/mol. The maximum absolute atomic E-state index is 10.8. The molecule has 3 rings (SSSR count). The van der Waals surface area contributed by atoms with E-state index in [0.717, 1.165) is 25.1 Å². The molecule has 6 nitrogen and oxygen atoms in total. The van der Waals surface area contributed by atoms with Crippen molar-refractivity contribution in [3.63, 3.8) is 0 Å². The van der Waals surface area contributed by atoms with Crippen molar-refractivity contribution in [2.24, 2.45) is 0 Å². The van der Waals surface area contributed by atoms with E-state index < -0.39 is 4.92 Å². The summed E-state index contributed by atoms with van der Waals surface area (Å²) in [7, 11) is 0. The lowest BCUT2D eigenvalue weighted by atomic mass is 9.70. The summed E-state index contributed by atoms with van der Waals surface area (Å²) in [4.78, 5) is 10.3. The van der Waals surface area contributed by atoms with Gasteiger partial charge in [0.2, 0.25) is 0 Å². The third kappa shape index (κ3) is 2.43. The van der Waals surface area contributed by atoms with Gasteiger partial charge in [-0.25, -0.2) is 0 Å². The number of nitrogens with two attached hydrogens (primary N) is 1. The van der Waals surface area contributed by atoms with Gasteiger partial charge in [-0.1, -0.05) is 0 Å². The van der Waals surface area contributed by atoms with Gasteiger partial charge >= 0.3 is 0 Å². The number of hydrogen-bond acceptors (Lipinski definition) is 5. The molecule has 6 heteroatoms. The molecule has 0 bridgehead atoms. The monoisotopic (exact) mass is 276 g/mol. The Labute approximate surface area is 117 Å². The molecule has 2 aliphatic rings. The highest BCUT2D eigenvalue weighted by Crippen LogP contribution is 2.39. The number of anilines is 2. The molecule has 0 amide bonds. The zero-order valence-electron chi connectivity index (χ0n) is 11.4. The van der Waals surface area contributed by atoms with Crippen LogP contribution >= 0.6 is 0 Å². The largest absolute Gasteiger partial charge is 0.393 e. The Morgan fingerprint density at radius 2 is 2.25 bits per heavy atom. The van der Waals surface area contributed by atoms with Gasteiger partial charge in [-0.3, -0.25) is 10.1 Å². The lowest BCUT2D eigenvalue weighted by Gasteiger charge is -2.48. The Bertz CT molecular complexity index is 528. The number of nitro groups is 1. The summed E-state index contributed by atoms with van der Waals surface area (Å²) in [6.07, 6.45) is 6.01. The zero-order valence-corrected chi connectivity index (χ0v) is 11.4. The topological polar surface area (TPSA) is 93.2 Å². The van der Waals surface area contributed by atoms with Crippen LogP contribution in [0.4, 0.5) is 17.1 Å². The SMILES string of the molecule is Nc1cc(NC2CCNC3(CCC3)C2)ccc1[N+](=O)[O-]. The van der Waals surface area contributed by atoms with E-state index in [1.54, 1.807) is 12.1 Å². The lowest BCUT2D eigenvalue weighted by molar-refractivity contribution is -0.383. The van der Waals surface area contributed by atoms with Crippen LogP contribution in [0.3, 0.4) is 0 Å². The highest BCUT2D eigenvalue weighted by atomic mass is 16.6. The number of nitro benzene ring substituents is 1.